The first-order valence-electron chi connectivity index (χ1n) is 7.81. The average molecular weight is 435 g/mol. The van der Waals surface area contributed by atoms with Gasteiger partial charge >= 0.3 is 0 Å². The van der Waals surface area contributed by atoms with Crippen molar-refractivity contribution in [2.75, 3.05) is 33.9 Å². The van der Waals surface area contributed by atoms with Crippen LogP contribution >= 0.6 is 24.0 Å². The Balaban J connectivity index is 0.00000484. The van der Waals surface area contributed by atoms with E-state index in [-0.39, 0.29) is 24.0 Å². The molecule has 0 aliphatic carbocycles. The first-order chi connectivity index (χ1) is 10.7. The quantitative estimate of drug-likeness (QED) is 0.271. The van der Waals surface area contributed by atoms with Crippen LogP contribution in [0.15, 0.2) is 29.3 Å². The molecule has 1 aromatic carbocycles. The number of hydrogen-bond donors (Lipinski definition) is 2. The number of ether oxygens (including phenoxy) is 2. The summed E-state index contributed by atoms with van der Waals surface area (Å²) >= 11 is 0. The second-order valence-corrected chi connectivity index (χ2v) is 5.52. The van der Waals surface area contributed by atoms with Gasteiger partial charge in [0.05, 0.1) is 6.61 Å². The van der Waals surface area contributed by atoms with E-state index < -0.39 is 0 Å². The topological polar surface area (TPSA) is 54.9 Å². The molecule has 6 heteroatoms. The molecular weight excluding hydrogens is 405 g/mol. The van der Waals surface area contributed by atoms with Gasteiger partial charge in [0.25, 0.3) is 0 Å². The number of aliphatic imine (C=N–C) groups is 1. The van der Waals surface area contributed by atoms with Gasteiger partial charge in [0.15, 0.2) is 5.96 Å². The zero-order valence-corrected chi connectivity index (χ0v) is 16.9. The third-order valence-electron chi connectivity index (χ3n) is 3.18. The Hall–Kier alpha value is -1.02. The zero-order chi connectivity index (χ0) is 16.2. The average Bonchev–Trinajstić information content (AvgIpc) is 2.52. The summed E-state index contributed by atoms with van der Waals surface area (Å²) in [5.74, 6) is 2.39. The number of benzene rings is 1. The molecule has 1 aromatic rings. The SMILES string of the molecule is CN=C(NCCC(C)C)NCc1ccc(OCCOC)cc1.I. The van der Waals surface area contributed by atoms with Gasteiger partial charge in [0, 0.05) is 27.2 Å². The first kappa shape index (κ1) is 22.0. The van der Waals surface area contributed by atoms with Gasteiger partial charge in [0.2, 0.25) is 0 Å². The van der Waals surface area contributed by atoms with Crippen LogP contribution in [-0.2, 0) is 11.3 Å². The van der Waals surface area contributed by atoms with Crippen LogP contribution in [0.3, 0.4) is 0 Å². The molecule has 0 aromatic heterocycles. The van der Waals surface area contributed by atoms with E-state index >= 15 is 0 Å². The third-order valence-corrected chi connectivity index (χ3v) is 3.18. The minimum absolute atomic E-state index is 0. The number of rotatable bonds is 9. The normalized spacial score (nSPS) is 11.1. The lowest BCUT2D eigenvalue weighted by atomic mass is 10.1. The largest absolute Gasteiger partial charge is 0.491 e. The van der Waals surface area contributed by atoms with E-state index in [0.717, 1.165) is 31.2 Å². The summed E-state index contributed by atoms with van der Waals surface area (Å²) < 4.78 is 10.5. The Labute approximate surface area is 157 Å². The Morgan fingerprint density at radius 2 is 1.83 bits per heavy atom. The number of guanidine groups is 1. The lowest BCUT2D eigenvalue weighted by molar-refractivity contribution is 0.146. The standard InChI is InChI=1S/C17H29N3O2.HI/c1-14(2)9-10-19-17(18-3)20-13-15-5-7-16(8-6-15)22-12-11-21-4;/h5-8,14H,9-13H2,1-4H3,(H2,18,19,20);1H. The van der Waals surface area contributed by atoms with Gasteiger partial charge in [-0.1, -0.05) is 26.0 Å². The monoisotopic (exact) mass is 435 g/mol. The molecule has 0 amide bonds. The molecule has 0 radical (unpaired) electrons. The van der Waals surface area contributed by atoms with Crippen molar-refractivity contribution < 1.29 is 9.47 Å². The molecule has 0 spiro atoms. The fourth-order valence-electron chi connectivity index (χ4n) is 1.83. The fraction of sp³-hybridized carbons (Fsp3) is 0.588. The maximum atomic E-state index is 5.54. The Morgan fingerprint density at radius 1 is 1.13 bits per heavy atom. The molecule has 0 unspecified atom stereocenters. The molecule has 23 heavy (non-hydrogen) atoms. The van der Waals surface area contributed by atoms with Crippen molar-refractivity contribution in [1.29, 1.82) is 0 Å². The van der Waals surface area contributed by atoms with Crippen molar-refractivity contribution in [2.45, 2.75) is 26.8 Å². The lowest BCUT2D eigenvalue weighted by Gasteiger charge is -2.13. The molecule has 0 heterocycles. The third kappa shape index (κ3) is 10.4. The molecular formula is C17H30IN3O2. The summed E-state index contributed by atoms with van der Waals surface area (Å²) in [6.45, 7) is 7.27. The van der Waals surface area contributed by atoms with Crippen molar-refractivity contribution >= 4 is 29.9 Å². The summed E-state index contributed by atoms with van der Waals surface area (Å²) in [6.07, 6.45) is 1.13. The van der Waals surface area contributed by atoms with Crippen molar-refractivity contribution in [2.24, 2.45) is 10.9 Å². The van der Waals surface area contributed by atoms with Crippen molar-refractivity contribution in [3.05, 3.63) is 29.8 Å². The molecule has 0 aliphatic rings. The predicted molar refractivity (Wildman–Crippen MR) is 107 cm³/mol. The van der Waals surface area contributed by atoms with E-state index in [9.17, 15) is 0 Å². The second kappa shape index (κ2) is 13.4. The number of hydrogen-bond acceptors (Lipinski definition) is 3. The van der Waals surface area contributed by atoms with Crippen LogP contribution in [0.5, 0.6) is 5.75 Å². The van der Waals surface area contributed by atoms with E-state index in [2.05, 4.69) is 41.6 Å². The minimum Gasteiger partial charge on any atom is -0.491 e. The Kier molecular flexibility index (Phi) is 12.8. The molecule has 0 bridgehead atoms. The summed E-state index contributed by atoms with van der Waals surface area (Å²) in [5, 5.41) is 6.63. The van der Waals surface area contributed by atoms with E-state index in [4.69, 9.17) is 9.47 Å². The zero-order valence-electron chi connectivity index (χ0n) is 14.6. The van der Waals surface area contributed by atoms with Crippen molar-refractivity contribution in [1.82, 2.24) is 10.6 Å². The summed E-state index contributed by atoms with van der Waals surface area (Å²) in [4.78, 5) is 4.22. The number of methoxy groups -OCH3 is 1. The Bertz CT molecular complexity index is 436. The summed E-state index contributed by atoms with van der Waals surface area (Å²) in [6, 6.07) is 8.05. The predicted octanol–water partition coefficient (Wildman–Crippen LogP) is 3.04. The van der Waals surface area contributed by atoms with Crippen LogP contribution in [0, 0.1) is 5.92 Å². The molecule has 0 fully saturated rings. The van der Waals surface area contributed by atoms with E-state index in [0.29, 0.717) is 19.1 Å². The summed E-state index contributed by atoms with van der Waals surface area (Å²) in [7, 11) is 3.46. The van der Waals surface area contributed by atoms with Gasteiger partial charge < -0.3 is 20.1 Å². The highest BCUT2D eigenvalue weighted by molar-refractivity contribution is 14.0. The van der Waals surface area contributed by atoms with E-state index in [1.807, 2.05) is 12.1 Å². The highest BCUT2D eigenvalue weighted by atomic mass is 127. The molecule has 5 nitrogen and oxygen atoms in total. The molecule has 1 rings (SSSR count). The van der Waals surface area contributed by atoms with Crippen LogP contribution < -0.4 is 15.4 Å². The molecule has 0 saturated heterocycles. The van der Waals surface area contributed by atoms with Crippen LogP contribution in [-0.4, -0.2) is 39.9 Å². The van der Waals surface area contributed by atoms with Crippen molar-refractivity contribution in [3.63, 3.8) is 0 Å². The molecule has 0 saturated carbocycles. The smallest absolute Gasteiger partial charge is 0.191 e. The fourth-order valence-corrected chi connectivity index (χ4v) is 1.83. The van der Waals surface area contributed by atoms with Crippen LogP contribution in [0.2, 0.25) is 0 Å². The molecule has 0 aliphatic heterocycles. The van der Waals surface area contributed by atoms with Gasteiger partial charge in [0.1, 0.15) is 12.4 Å². The van der Waals surface area contributed by atoms with Gasteiger partial charge in [-0.2, -0.15) is 0 Å². The molecule has 0 atom stereocenters. The van der Waals surface area contributed by atoms with E-state index in [1.165, 1.54) is 5.56 Å². The lowest BCUT2D eigenvalue weighted by Crippen LogP contribution is -2.37. The summed E-state index contributed by atoms with van der Waals surface area (Å²) in [5.41, 5.74) is 1.19. The minimum atomic E-state index is 0. The second-order valence-electron chi connectivity index (χ2n) is 5.52. The van der Waals surface area contributed by atoms with Crippen LogP contribution in [0.1, 0.15) is 25.8 Å². The highest BCUT2D eigenvalue weighted by Gasteiger charge is 2.00. The van der Waals surface area contributed by atoms with Gasteiger partial charge in [-0.25, -0.2) is 0 Å². The van der Waals surface area contributed by atoms with Gasteiger partial charge in [-0.05, 0) is 30.0 Å². The number of nitrogens with one attached hydrogen (secondary N) is 2. The number of halogens is 1. The first-order valence-corrected chi connectivity index (χ1v) is 7.81. The van der Waals surface area contributed by atoms with Gasteiger partial charge in [-0.3, -0.25) is 4.99 Å². The number of nitrogens with zero attached hydrogens (tertiary/aromatic N) is 1. The van der Waals surface area contributed by atoms with Crippen molar-refractivity contribution in [3.8, 4) is 5.75 Å². The molecule has 132 valence electrons. The maximum absolute atomic E-state index is 5.54. The van der Waals surface area contributed by atoms with Crippen LogP contribution in [0.4, 0.5) is 0 Å². The van der Waals surface area contributed by atoms with Crippen LogP contribution in [0.25, 0.3) is 0 Å². The maximum Gasteiger partial charge on any atom is 0.191 e. The Morgan fingerprint density at radius 3 is 2.39 bits per heavy atom. The molecule has 2 N–H and O–H groups in total. The highest BCUT2D eigenvalue weighted by Crippen LogP contribution is 2.11. The van der Waals surface area contributed by atoms with E-state index in [1.54, 1.807) is 14.2 Å². The van der Waals surface area contributed by atoms with Gasteiger partial charge in [-0.15, -0.1) is 24.0 Å².